The van der Waals surface area contributed by atoms with Gasteiger partial charge in [-0.2, -0.15) is 0 Å². The Bertz CT molecular complexity index is 222. The number of rotatable bonds is 0. The van der Waals surface area contributed by atoms with Gasteiger partial charge in [-0.1, -0.05) is 0 Å². The second-order valence-electron chi connectivity index (χ2n) is 0.816. The van der Waals surface area contributed by atoms with Crippen LogP contribution in [0.2, 0.25) is 0 Å². The van der Waals surface area contributed by atoms with Crippen molar-refractivity contribution in [3.8, 4) is 0 Å². The maximum absolute atomic E-state index is 8.52. The molecule has 14 heavy (non-hydrogen) atoms. The Kier molecular flexibility index (Phi) is 38.0. The number of hydrogen-bond donors (Lipinski definition) is 0. The Morgan fingerprint density at radius 2 is 0.643 bits per heavy atom. The van der Waals surface area contributed by atoms with Crippen LogP contribution in [0.15, 0.2) is 0 Å². The van der Waals surface area contributed by atoms with Gasteiger partial charge in [0, 0.05) is 20.8 Å². The molecule has 14 heteroatoms. The second kappa shape index (κ2) is 14.8. The molecule has 0 rings (SSSR count). The molecule has 0 amide bonds. The van der Waals surface area contributed by atoms with Crippen molar-refractivity contribution in [2.75, 3.05) is 0 Å². The van der Waals surface area contributed by atoms with Crippen LogP contribution in [0.4, 0.5) is 0 Å². The maximum Gasteiger partial charge on any atom is 2.00 e. The fourth-order valence-corrected chi connectivity index (χ4v) is 0. The predicted octanol–water partition coefficient (Wildman–Crippen LogP) is -10.1. The summed E-state index contributed by atoms with van der Waals surface area (Å²) in [6.45, 7) is 0. The van der Waals surface area contributed by atoms with E-state index in [-0.39, 0.29) is 68.2 Å². The first-order chi connectivity index (χ1) is 4.00. The predicted molar refractivity (Wildman–Crippen MR) is 32.3 cm³/mol. The average Bonchev–Trinajstić information content (AvgIpc) is 1.12. The van der Waals surface area contributed by atoms with Crippen LogP contribution in [0, 0.1) is 0 Å². The third-order valence-corrected chi connectivity index (χ3v) is 0. The van der Waals surface area contributed by atoms with E-state index >= 15 is 0 Å². The normalized spacial score (nSPS) is 8.29. The first-order valence-electron chi connectivity index (χ1n) is 1.33. The Balaban J connectivity index is -0.0000000178. The molecule has 0 aliphatic heterocycles. The van der Waals surface area contributed by atoms with Crippen molar-refractivity contribution in [1.82, 2.24) is 0 Å². The summed E-state index contributed by atoms with van der Waals surface area (Å²) in [6, 6.07) is 0. The summed E-state index contributed by atoms with van der Waals surface area (Å²) < 4.78 is 68.2. The molecule has 0 saturated carbocycles. The van der Waals surface area contributed by atoms with E-state index in [9.17, 15) is 0 Å². The molecular formula is H4Li2O8S2SiZn. The summed E-state index contributed by atoms with van der Waals surface area (Å²) in [5.41, 5.74) is 0. The van der Waals surface area contributed by atoms with Gasteiger partial charge in [0.2, 0.25) is 0 Å². The van der Waals surface area contributed by atoms with Crippen LogP contribution in [0.1, 0.15) is 0 Å². The van der Waals surface area contributed by atoms with E-state index in [1.807, 2.05) is 0 Å². The van der Waals surface area contributed by atoms with Crippen molar-refractivity contribution >= 4 is 31.8 Å². The van der Waals surface area contributed by atoms with Gasteiger partial charge in [-0.25, -0.2) is 0 Å². The minimum Gasteiger partial charge on any atom is -0.759 e. The van der Waals surface area contributed by atoms with Crippen molar-refractivity contribution in [1.29, 1.82) is 0 Å². The molecule has 0 spiro atoms. The van der Waals surface area contributed by atoms with Crippen molar-refractivity contribution in [2.24, 2.45) is 0 Å². The van der Waals surface area contributed by atoms with Crippen LogP contribution >= 0.6 is 0 Å². The standard InChI is InChI=1S/2Li.2H2O4S.H4Si.Zn/c;;2*1-5(2,3)4;;/h;;2*(H2,1,2,3,4);1H4;/q2*+1;;;;+2/p-4. The monoisotopic (exact) mass is 302 g/mol. The largest absolute Gasteiger partial charge is 2.00 e. The molecule has 0 heterocycles. The Morgan fingerprint density at radius 3 is 0.643 bits per heavy atom. The fourth-order valence-electron chi connectivity index (χ4n) is 0. The molecule has 0 saturated heterocycles. The van der Waals surface area contributed by atoms with Gasteiger partial charge in [0.1, 0.15) is 0 Å². The van der Waals surface area contributed by atoms with Gasteiger partial charge in [-0.05, 0) is 11.0 Å². The summed E-state index contributed by atoms with van der Waals surface area (Å²) in [5, 5.41) is 0. The van der Waals surface area contributed by atoms with Gasteiger partial charge >= 0.3 is 57.2 Å². The first kappa shape index (κ1) is 36.0. The van der Waals surface area contributed by atoms with Gasteiger partial charge in [-0.3, -0.25) is 16.8 Å². The van der Waals surface area contributed by atoms with Gasteiger partial charge < -0.3 is 18.2 Å². The third kappa shape index (κ3) is 713. The van der Waals surface area contributed by atoms with E-state index in [0.29, 0.717) is 0 Å². The van der Waals surface area contributed by atoms with Gasteiger partial charge in [0.25, 0.3) is 0 Å². The summed E-state index contributed by atoms with van der Waals surface area (Å²) >= 11 is 0. The zero-order chi connectivity index (χ0) is 9.00. The SMILES string of the molecule is O=S(=O)([O-])[O-].O=S(=O)([O-])[O-].[Li+].[Li+].[SiH4].[Zn+2]. The van der Waals surface area contributed by atoms with Gasteiger partial charge in [0.05, 0.1) is 0 Å². The van der Waals surface area contributed by atoms with Crippen LogP contribution in [-0.2, 0) is 40.3 Å². The van der Waals surface area contributed by atoms with Crippen molar-refractivity contribution in [3.05, 3.63) is 0 Å². The minimum atomic E-state index is -5.17. The summed E-state index contributed by atoms with van der Waals surface area (Å²) in [4.78, 5) is 0. The topological polar surface area (TPSA) is 161 Å². The quantitative estimate of drug-likeness (QED) is 0.242. The molecule has 0 aliphatic rings. The van der Waals surface area contributed by atoms with E-state index in [1.54, 1.807) is 0 Å². The molecule has 0 aromatic carbocycles. The van der Waals surface area contributed by atoms with E-state index < -0.39 is 20.8 Å². The molecule has 0 bridgehead atoms. The Morgan fingerprint density at radius 1 is 0.643 bits per heavy atom. The molecule has 0 fully saturated rings. The summed E-state index contributed by atoms with van der Waals surface area (Å²) in [5.74, 6) is 0. The van der Waals surface area contributed by atoms with Crippen molar-refractivity contribution in [3.63, 3.8) is 0 Å². The molecule has 0 radical (unpaired) electrons. The Labute approximate surface area is 123 Å². The van der Waals surface area contributed by atoms with Crippen LogP contribution in [0.25, 0.3) is 0 Å². The van der Waals surface area contributed by atoms with Crippen molar-refractivity contribution in [2.45, 2.75) is 0 Å². The summed E-state index contributed by atoms with van der Waals surface area (Å²) in [6.07, 6.45) is 0. The zero-order valence-electron chi connectivity index (χ0n) is 6.79. The van der Waals surface area contributed by atoms with Crippen molar-refractivity contribution < 1.29 is 92.2 Å². The van der Waals surface area contributed by atoms with Crippen LogP contribution in [0.5, 0.6) is 0 Å². The molecular weight excluding hydrogens is 299 g/mol. The molecule has 0 aromatic rings. The molecule has 0 aliphatic carbocycles. The molecule has 8 nitrogen and oxygen atoms in total. The second-order valence-corrected chi connectivity index (χ2v) is 2.45. The van der Waals surface area contributed by atoms with Gasteiger partial charge in [0.15, 0.2) is 0 Å². The molecule has 0 atom stereocenters. The van der Waals surface area contributed by atoms with E-state index in [0.717, 1.165) is 0 Å². The van der Waals surface area contributed by atoms with Crippen LogP contribution < -0.4 is 37.7 Å². The average molecular weight is 304 g/mol. The maximum atomic E-state index is 8.52. The van der Waals surface area contributed by atoms with E-state index in [4.69, 9.17) is 35.0 Å². The molecule has 0 aromatic heterocycles. The minimum absolute atomic E-state index is 0. The third-order valence-electron chi connectivity index (χ3n) is 0. The first-order valence-corrected chi connectivity index (χ1v) is 4.00. The Hall–Kier alpha value is 1.78. The van der Waals surface area contributed by atoms with E-state index in [1.165, 1.54) is 0 Å². The molecule has 0 N–H and O–H groups in total. The summed E-state index contributed by atoms with van der Waals surface area (Å²) in [7, 11) is -10.3. The smallest absolute Gasteiger partial charge is 0.759 e. The molecule has 0 unspecified atom stereocenters. The van der Waals surface area contributed by atoms with Gasteiger partial charge in [-0.15, -0.1) is 0 Å². The number of hydrogen-bond acceptors (Lipinski definition) is 8. The molecule has 72 valence electrons. The fraction of sp³-hybridized carbons (Fsp3) is 0. The zero-order valence-corrected chi connectivity index (χ0v) is 11.4. The van der Waals surface area contributed by atoms with Crippen LogP contribution in [-0.4, -0.2) is 46.0 Å². The van der Waals surface area contributed by atoms with E-state index in [2.05, 4.69) is 0 Å². The van der Waals surface area contributed by atoms with Crippen LogP contribution in [0.3, 0.4) is 0 Å².